The smallest absolute Gasteiger partial charge is 0.748 e. The van der Waals surface area contributed by atoms with Gasteiger partial charge >= 0.3 is 65.3 Å². The summed E-state index contributed by atoms with van der Waals surface area (Å²) in [4.78, 5) is 14.0. The summed E-state index contributed by atoms with van der Waals surface area (Å²) in [5.74, 6) is 4.82. The number of hydrogen-bond acceptors (Lipinski definition) is 9. The fraction of sp³-hybridized carbons (Fsp3) is 0.552. The van der Waals surface area contributed by atoms with Crippen molar-refractivity contribution in [3.05, 3.63) is 167 Å². The monoisotopic (exact) mass is 1200 g/mol. The minimum atomic E-state index is -4.23. The second-order valence-electron chi connectivity index (χ2n) is 22.7. The summed E-state index contributed by atoms with van der Waals surface area (Å²) in [5.41, 5.74) is 17.3. The average Bonchev–Trinajstić information content (AvgIpc) is 3.37. The zero-order valence-electron chi connectivity index (χ0n) is 54.4. The zero-order valence-corrected chi connectivity index (χ0v) is 60.1. The number of carbonyl (C=O) groups excluding carboxylic acids is 1. The molecule has 5 aromatic rings. The number of aromatic nitrogens is 1. The van der Waals surface area contributed by atoms with Crippen LogP contribution in [0.2, 0.25) is 0 Å². The molecule has 0 bridgehead atoms. The minimum Gasteiger partial charge on any atom is -0.748 e. The van der Waals surface area contributed by atoms with Crippen LogP contribution in [0.3, 0.4) is 0 Å². The van der Waals surface area contributed by atoms with Gasteiger partial charge in [0.25, 0.3) is 0 Å². The van der Waals surface area contributed by atoms with Crippen LogP contribution < -0.4 is 75.7 Å². The van der Waals surface area contributed by atoms with Crippen molar-refractivity contribution in [1.82, 2.24) is 4.98 Å². The normalized spacial score (nSPS) is 10.5. The third-order valence-corrected chi connectivity index (χ3v) is 12.0. The first-order chi connectivity index (χ1) is 37.1. The Morgan fingerprint density at radius 1 is 0.561 bits per heavy atom. The van der Waals surface area contributed by atoms with Gasteiger partial charge in [0.2, 0.25) is 0 Å². The number of pyridine rings is 1. The number of rotatable bonds is 16. The number of hydrogen-bond donors (Lipinski definition) is 3. The van der Waals surface area contributed by atoms with Crippen LogP contribution in [0.15, 0.2) is 134 Å². The van der Waals surface area contributed by atoms with Crippen molar-refractivity contribution in [3.8, 4) is 0 Å². The molecule has 4 N–H and O–H groups in total. The first kappa shape index (κ1) is 90.5. The van der Waals surface area contributed by atoms with E-state index in [1.807, 2.05) is 90.2 Å². The molecule has 8 nitrogen and oxygen atoms in total. The van der Waals surface area contributed by atoms with Crippen LogP contribution in [-0.2, 0) is 27.5 Å². The van der Waals surface area contributed by atoms with Crippen LogP contribution in [-0.4, -0.2) is 42.0 Å². The average molecular weight is 1200 g/mol. The number of nitrogens with zero attached hydrogens (tertiary/aromatic N) is 1. The van der Waals surface area contributed by atoms with Crippen molar-refractivity contribution in [1.29, 1.82) is 0 Å². The second kappa shape index (κ2) is 54.9. The summed E-state index contributed by atoms with van der Waals surface area (Å²) in [6, 6.07) is 40.6. The van der Waals surface area contributed by atoms with Gasteiger partial charge < -0.3 is 25.9 Å². The van der Waals surface area contributed by atoms with E-state index in [4.69, 9.17) is 11.5 Å². The Balaban J connectivity index is -0.000000199. The number of carboxylic acids is 1. The second-order valence-corrected chi connectivity index (χ2v) is 24.7. The van der Waals surface area contributed by atoms with Crippen molar-refractivity contribution in [2.24, 2.45) is 35.3 Å². The van der Waals surface area contributed by atoms with E-state index in [1.165, 1.54) is 41.7 Å². The first-order valence-electron chi connectivity index (χ1n) is 28.6. The summed E-state index contributed by atoms with van der Waals surface area (Å²) in [7, 11) is -3.97. The summed E-state index contributed by atoms with van der Waals surface area (Å²) >= 11 is 4.06. The molecule has 0 atom stereocenters. The van der Waals surface area contributed by atoms with E-state index in [-0.39, 0.29) is 83.1 Å². The van der Waals surface area contributed by atoms with Gasteiger partial charge in [0.05, 0.1) is 15.7 Å². The number of carbonyl (C=O) groups is 1. The summed E-state index contributed by atoms with van der Waals surface area (Å²) < 4.78 is 66.6. The molecule has 0 saturated carbocycles. The predicted molar refractivity (Wildman–Crippen MR) is 339 cm³/mol. The molecule has 82 heavy (non-hydrogen) atoms. The standard InChI is InChI=1S/C10H11F3.C10H14.C9H13N.C9H12.C8H11N.C6H12O2.C5H13N.C5H12O3S.C5H12S.2Na/c1-7(2)8-4-3-5-9(6-8)10(11,12)13;1-9(2)8-10-6-4-3-5-7-10;1-7(2)8-5-3-4-6-9(8)10;1-8(2)9-6-4-3-5-7-9;1-7(2)8-5-3-4-6-9-8;1-5(2)3-4-6(7)8;1-5(2)3-4-6;1-5(2)3-4-9(6,7)8;1-5(2)3-4-6;;/h3-7H,1-2H3;3-7,9H,8H2,1-2H3;3-7H,10H2,1-2H3;3-8H,1-2H3;3-7H,1-2H3;5H,3-4H2,1-2H3,(H,7,8);5H,3-4,6H2,1-2H3;5H,3-4H2,1-2H3,(H,6,7,8);5-6H,3-4H2,1-2H3;;/q;;;;;;;;;2*+1/p-2. The number of alkyl halides is 3. The van der Waals surface area contributed by atoms with Gasteiger partial charge in [-0.2, -0.15) is 25.8 Å². The number of nitrogen functional groups attached to an aromatic ring is 1. The zero-order chi connectivity index (χ0) is 62.4. The molecule has 0 fully saturated rings. The predicted octanol–water partition coefficient (Wildman–Crippen LogP) is 11.8. The molecule has 4 aromatic carbocycles. The van der Waals surface area contributed by atoms with E-state index in [1.54, 1.807) is 6.07 Å². The van der Waals surface area contributed by atoms with Gasteiger partial charge in [0, 0.05) is 29.3 Å². The Labute approximate surface area is 549 Å². The van der Waals surface area contributed by atoms with E-state index in [0.29, 0.717) is 30.1 Å². The van der Waals surface area contributed by atoms with E-state index >= 15 is 0 Å². The van der Waals surface area contributed by atoms with Crippen molar-refractivity contribution >= 4 is 34.4 Å². The van der Waals surface area contributed by atoms with E-state index in [0.717, 1.165) is 65.9 Å². The maximum absolute atomic E-state index is 12.2. The molecule has 1 heterocycles. The Morgan fingerprint density at radius 3 is 1.28 bits per heavy atom. The summed E-state index contributed by atoms with van der Waals surface area (Å²) in [6.45, 7) is 38.5. The molecule has 1 aromatic heterocycles. The molecule has 456 valence electrons. The van der Waals surface area contributed by atoms with Crippen LogP contribution in [0.1, 0.15) is 214 Å². The van der Waals surface area contributed by atoms with Crippen molar-refractivity contribution < 1.29 is 95.2 Å². The van der Waals surface area contributed by atoms with Crippen molar-refractivity contribution in [3.63, 3.8) is 0 Å². The maximum atomic E-state index is 12.2. The number of carboxylic acid groups (broad SMARTS) is 1. The third-order valence-electron chi connectivity index (χ3n) is 11.1. The van der Waals surface area contributed by atoms with Gasteiger partial charge in [-0.15, -0.1) is 0 Å². The first-order valence-corrected chi connectivity index (χ1v) is 30.8. The van der Waals surface area contributed by atoms with Crippen LogP contribution >= 0.6 is 12.6 Å². The van der Waals surface area contributed by atoms with Gasteiger partial charge in [-0.05, 0) is 151 Å². The summed E-state index contributed by atoms with van der Waals surface area (Å²) in [5, 5.41) is 9.79. The third kappa shape index (κ3) is 61.9. The Morgan fingerprint density at radius 2 is 1.01 bits per heavy atom. The molecule has 0 aliphatic rings. The van der Waals surface area contributed by atoms with E-state index in [9.17, 15) is 36.0 Å². The van der Waals surface area contributed by atoms with Gasteiger partial charge in [0.1, 0.15) is 0 Å². The number of nitrogens with two attached hydrogens (primary N) is 2. The SMILES string of the molecule is CC(C)CCC(=O)[O-].CC(C)CCN.CC(C)CCS.CC(C)CCS(=O)(=O)[O-].CC(C)Cc1ccccc1.CC(C)c1cccc(C(F)(F)F)c1.CC(C)c1ccccc1.CC(C)c1ccccc1N.CC(C)c1ccccn1.[Na+].[Na+]. The Bertz CT molecular complexity index is 2250. The molecule has 5 rings (SSSR count). The van der Waals surface area contributed by atoms with Gasteiger partial charge in [-0.25, -0.2) is 8.42 Å². The largest absolute Gasteiger partial charge is 1.00 e. The number of benzene rings is 4. The minimum absolute atomic E-state index is 0. The molecular formula is C67H108F3N3Na2O5S2. The van der Waals surface area contributed by atoms with Gasteiger partial charge in [0.15, 0.2) is 0 Å². The van der Waals surface area contributed by atoms with E-state index < -0.39 is 27.8 Å². The molecular weight excluding hydrogens is 1090 g/mol. The number of halogens is 3. The Hall–Kier alpha value is -2.69. The summed E-state index contributed by atoms with van der Waals surface area (Å²) in [6.07, 6.45) is 2.57. The van der Waals surface area contributed by atoms with E-state index in [2.05, 4.69) is 161 Å². The molecule has 0 unspecified atom stereocenters. The van der Waals surface area contributed by atoms with Crippen LogP contribution in [0.25, 0.3) is 0 Å². The van der Waals surface area contributed by atoms with Crippen LogP contribution in [0, 0.1) is 29.6 Å². The molecule has 0 spiro atoms. The van der Waals surface area contributed by atoms with Crippen LogP contribution in [0.5, 0.6) is 0 Å². The molecule has 0 aliphatic carbocycles. The number of anilines is 1. The number of thiol groups is 1. The fourth-order valence-corrected chi connectivity index (χ4v) is 7.41. The number of aliphatic carboxylic acids is 1. The molecule has 0 saturated heterocycles. The maximum Gasteiger partial charge on any atom is 1.00 e. The fourth-order valence-electron chi connectivity index (χ4n) is 6.13. The molecule has 0 aliphatic heterocycles. The van der Waals surface area contributed by atoms with Gasteiger partial charge in [-0.1, -0.05) is 228 Å². The number of para-hydroxylation sites is 1. The topological polar surface area (TPSA) is 162 Å². The van der Waals surface area contributed by atoms with Crippen molar-refractivity contribution in [2.45, 2.75) is 193 Å². The quantitative estimate of drug-likeness (QED) is 0.0381. The molecule has 0 amide bonds. The van der Waals surface area contributed by atoms with Crippen molar-refractivity contribution in [2.75, 3.05) is 23.8 Å². The Kier molecular flexibility index (Phi) is 60.6. The molecule has 15 heteroatoms. The van der Waals surface area contributed by atoms with Gasteiger partial charge in [-0.3, -0.25) is 4.98 Å². The van der Waals surface area contributed by atoms with Crippen LogP contribution in [0.4, 0.5) is 18.9 Å². The molecule has 0 radical (unpaired) electrons.